The average molecular weight is 338 g/mol. The van der Waals surface area contributed by atoms with E-state index in [-0.39, 0.29) is 5.91 Å². The lowest BCUT2D eigenvalue weighted by atomic mass is 10.0. The zero-order valence-corrected chi connectivity index (χ0v) is 14.4. The SMILES string of the molecule is O=C(c1ccc(-c2cccc(Cl)c2)cc1)N1CCC(=C2CC2)CC1. The van der Waals surface area contributed by atoms with Gasteiger partial charge in [-0.25, -0.2) is 0 Å². The molecule has 1 saturated heterocycles. The molecule has 0 atom stereocenters. The molecule has 1 aliphatic carbocycles. The molecule has 1 aliphatic heterocycles. The number of rotatable bonds is 2. The summed E-state index contributed by atoms with van der Waals surface area (Å²) in [6, 6.07) is 15.6. The molecular formula is C21H20ClNO. The van der Waals surface area contributed by atoms with Crippen LogP contribution < -0.4 is 0 Å². The molecule has 3 heteroatoms. The number of nitrogens with zero attached hydrogens (tertiary/aromatic N) is 1. The van der Waals surface area contributed by atoms with E-state index in [1.807, 2.05) is 53.4 Å². The second-order valence-corrected chi connectivity index (χ2v) is 7.02. The van der Waals surface area contributed by atoms with Crippen molar-refractivity contribution >= 4 is 17.5 Å². The molecule has 0 spiro atoms. The van der Waals surface area contributed by atoms with Crippen LogP contribution in [0.25, 0.3) is 11.1 Å². The molecule has 122 valence electrons. The summed E-state index contributed by atoms with van der Waals surface area (Å²) in [7, 11) is 0. The van der Waals surface area contributed by atoms with Gasteiger partial charge in [-0.1, -0.05) is 47.0 Å². The third-order valence-electron chi connectivity index (χ3n) is 4.94. The van der Waals surface area contributed by atoms with Gasteiger partial charge in [0.1, 0.15) is 0 Å². The van der Waals surface area contributed by atoms with E-state index in [1.165, 1.54) is 12.8 Å². The van der Waals surface area contributed by atoms with Crippen molar-refractivity contribution in [3.63, 3.8) is 0 Å². The molecule has 2 nitrogen and oxygen atoms in total. The van der Waals surface area contributed by atoms with Gasteiger partial charge in [0.15, 0.2) is 0 Å². The van der Waals surface area contributed by atoms with Crippen molar-refractivity contribution in [2.24, 2.45) is 0 Å². The predicted octanol–water partition coefficient (Wildman–Crippen LogP) is 5.33. The molecule has 1 amide bonds. The number of amides is 1. The molecule has 0 unspecified atom stereocenters. The molecule has 0 radical (unpaired) electrons. The van der Waals surface area contributed by atoms with Crippen molar-refractivity contribution < 1.29 is 4.79 Å². The van der Waals surface area contributed by atoms with E-state index in [0.29, 0.717) is 0 Å². The van der Waals surface area contributed by atoms with Crippen molar-refractivity contribution in [2.75, 3.05) is 13.1 Å². The highest BCUT2D eigenvalue weighted by Gasteiger charge is 2.24. The fourth-order valence-electron chi connectivity index (χ4n) is 3.41. The number of carbonyl (C=O) groups is 1. The van der Waals surface area contributed by atoms with Gasteiger partial charge in [-0.15, -0.1) is 0 Å². The van der Waals surface area contributed by atoms with E-state index in [9.17, 15) is 4.79 Å². The molecule has 2 aliphatic rings. The quantitative estimate of drug-likeness (QED) is 0.678. The molecule has 2 aromatic rings. The zero-order chi connectivity index (χ0) is 16.5. The molecule has 4 rings (SSSR count). The van der Waals surface area contributed by atoms with Gasteiger partial charge in [0, 0.05) is 23.7 Å². The van der Waals surface area contributed by atoms with Crippen LogP contribution in [0.2, 0.25) is 5.02 Å². The molecule has 2 fully saturated rings. The third-order valence-corrected chi connectivity index (χ3v) is 5.18. The summed E-state index contributed by atoms with van der Waals surface area (Å²) in [5, 5.41) is 0.724. The molecule has 1 heterocycles. The van der Waals surface area contributed by atoms with Gasteiger partial charge in [-0.2, -0.15) is 0 Å². The number of likely N-dealkylation sites (tertiary alicyclic amines) is 1. The Morgan fingerprint density at radius 3 is 2.12 bits per heavy atom. The Hall–Kier alpha value is -2.06. The summed E-state index contributed by atoms with van der Waals surface area (Å²) in [6.45, 7) is 1.71. The first kappa shape index (κ1) is 15.5. The van der Waals surface area contributed by atoms with Gasteiger partial charge in [0.25, 0.3) is 5.91 Å². The summed E-state index contributed by atoms with van der Waals surface area (Å²) in [5.41, 5.74) is 6.17. The summed E-state index contributed by atoms with van der Waals surface area (Å²) in [4.78, 5) is 14.7. The van der Waals surface area contributed by atoms with Gasteiger partial charge in [-0.3, -0.25) is 4.79 Å². The van der Waals surface area contributed by atoms with Crippen LogP contribution in [0.3, 0.4) is 0 Å². The summed E-state index contributed by atoms with van der Waals surface area (Å²) >= 11 is 6.05. The van der Waals surface area contributed by atoms with Crippen LogP contribution in [0.5, 0.6) is 0 Å². The van der Waals surface area contributed by atoms with E-state index < -0.39 is 0 Å². The number of hydrogen-bond acceptors (Lipinski definition) is 1. The van der Waals surface area contributed by atoms with E-state index in [0.717, 1.165) is 47.6 Å². The van der Waals surface area contributed by atoms with Gasteiger partial charge in [-0.05, 0) is 61.1 Å². The zero-order valence-electron chi connectivity index (χ0n) is 13.6. The minimum absolute atomic E-state index is 0.146. The summed E-state index contributed by atoms with van der Waals surface area (Å²) < 4.78 is 0. The Morgan fingerprint density at radius 2 is 1.50 bits per heavy atom. The van der Waals surface area contributed by atoms with E-state index in [4.69, 9.17) is 11.6 Å². The molecule has 0 aromatic heterocycles. The van der Waals surface area contributed by atoms with Crippen molar-refractivity contribution in [1.82, 2.24) is 4.90 Å². The van der Waals surface area contributed by atoms with Crippen LogP contribution in [0.4, 0.5) is 0 Å². The number of hydrogen-bond donors (Lipinski definition) is 0. The number of halogens is 1. The Kier molecular flexibility index (Phi) is 4.15. The average Bonchev–Trinajstić information content (AvgIpc) is 3.47. The first-order valence-corrected chi connectivity index (χ1v) is 8.93. The monoisotopic (exact) mass is 337 g/mol. The Labute approximate surface area is 147 Å². The minimum Gasteiger partial charge on any atom is -0.338 e. The van der Waals surface area contributed by atoms with Crippen LogP contribution in [-0.4, -0.2) is 23.9 Å². The Morgan fingerprint density at radius 1 is 0.833 bits per heavy atom. The van der Waals surface area contributed by atoms with Gasteiger partial charge in [0.05, 0.1) is 0 Å². The Bertz CT molecular complexity index is 791. The van der Waals surface area contributed by atoms with Crippen LogP contribution in [0.1, 0.15) is 36.0 Å². The second-order valence-electron chi connectivity index (χ2n) is 6.59. The molecule has 24 heavy (non-hydrogen) atoms. The highest BCUT2D eigenvalue weighted by molar-refractivity contribution is 6.30. The summed E-state index contributed by atoms with van der Waals surface area (Å²) in [6.07, 6.45) is 4.69. The number of carbonyl (C=O) groups excluding carboxylic acids is 1. The lowest BCUT2D eigenvalue weighted by molar-refractivity contribution is 0.0743. The lowest BCUT2D eigenvalue weighted by Gasteiger charge is -2.28. The smallest absolute Gasteiger partial charge is 0.253 e. The number of allylic oxidation sites excluding steroid dienone is 1. The van der Waals surface area contributed by atoms with Crippen molar-refractivity contribution in [1.29, 1.82) is 0 Å². The van der Waals surface area contributed by atoms with Gasteiger partial charge in [0.2, 0.25) is 0 Å². The fourth-order valence-corrected chi connectivity index (χ4v) is 3.60. The largest absolute Gasteiger partial charge is 0.338 e. The van der Waals surface area contributed by atoms with Crippen molar-refractivity contribution in [3.8, 4) is 11.1 Å². The van der Waals surface area contributed by atoms with E-state index >= 15 is 0 Å². The normalized spacial score (nSPS) is 17.1. The van der Waals surface area contributed by atoms with Gasteiger partial charge < -0.3 is 4.90 Å². The maximum Gasteiger partial charge on any atom is 0.253 e. The van der Waals surface area contributed by atoms with Crippen LogP contribution in [0.15, 0.2) is 59.7 Å². The predicted molar refractivity (Wildman–Crippen MR) is 98.3 cm³/mol. The molecule has 2 aromatic carbocycles. The number of piperidine rings is 1. The maximum absolute atomic E-state index is 12.7. The van der Waals surface area contributed by atoms with Crippen LogP contribution in [0, 0.1) is 0 Å². The topological polar surface area (TPSA) is 20.3 Å². The highest BCUT2D eigenvalue weighted by atomic mass is 35.5. The van der Waals surface area contributed by atoms with Crippen molar-refractivity contribution in [3.05, 3.63) is 70.3 Å². The fraction of sp³-hybridized carbons (Fsp3) is 0.286. The van der Waals surface area contributed by atoms with Crippen molar-refractivity contribution in [2.45, 2.75) is 25.7 Å². The van der Waals surface area contributed by atoms with Gasteiger partial charge >= 0.3 is 0 Å². The second kappa shape index (κ2) is 6.45. The third kappa shape index (κ3) is 3.25. The summed E-state index contributed by atoms with van der Waals surface area (Å²) in [5.74, 6) is 0.146. The molecule has 0 N–H and O–H groups in total. The standard InChI is InChI=1S/C21H20ClNO/c22-20-3-1-2-19(14-20)16-6-8-18(9-7-16)21(24)23-12-10-17(11-13-23)15-4-5-15/h1-3,6-9,14H,4-5,10-13H2. The Balaban J connectivity index is 1.46. The minimum atomic E-state index is 0.146. The van der Waals surface area contributed by atoms with E-state index in [1.54, 1.807) is 11.1 Å². The van der Waals surface area contributed by atoms with Crippen LogP contribution >= 0.6 is 11.6 Å². The molecule has 1 saturated carbocycles. The van der Waals surface area contributed by atoms with Crippen LogP contribution in [-0.2, 0) is 0 Å². The first-order chi connectivity index (χ1) is 11.7. The van der Waals surface area contributed by atoms with E-state index in [2.05, 4.69) is 0 Å². The first-order valence-electron chi connectivity index (χ1n) is 8.56. The molecular weight excluding hydrogens is 318 g/mol. The lowest BCUT2D eigenvalue weighted by Crippen LogP contribution is -2.36. The molecule has 0 bridgehead atoms. The highest BCUT2D eigenvalue weighted by Crippen LogP contribution is 2.36. The maximum atomic E-state index is 12.7. The number of benzene rings is 2.